The number of thioether (sulfide) groups is 1. The molecule has 0 heterocycles. The van der Waals surface area contributed by atoms with Crippen LogP contribution in [0.25, 0.3) is 0 Å². The van der Waals surface area contributed by atoms with Crippen molar-refractivity contribution in [3.63, 3.8) is 0 Å². The van der Waals surface area contributed by atoms with Crippen molar-refractivity contribution in [3.8, 4) is 17.2 Å². The number of carbonyl (C=O) groups is 1. The number of benzene rings is 3. The number of phenolic OH excluding ortho intramolecular Hbond substituents is 1. The van der Waals surface area contributed by atoms with Crippen LogP contribution in [0.15, 0.2) is 70.5 Å². The van der Waals surface area contributed by atoms with Gasteiger partial charge in [0.05, 0.1) is 7.11 Å². The van der Waals surface area contributed by atoms with Crippen LogP contribution in [0.1, 0.15) is 15.9 Å². The zero-order valence-electron chi connectivity index (χ0n) is 18.4. The minimum absolute atomic E-state index is 0.0342. The van der Waals surface area contributed by atoms with E-state index in [1.165, 1.54) is 55.6 Å². The van der Waals surface area contributed by atoms with E-state index in [-0.39, 0.29) is 39.4 Å². The third-order valence-corrected chi connectivity index (χ3v) is 6.48. The maximum atomic E-state index is 12.7. The van der Waals surface area contributed by atoms with Gasteiger partial charge in [0.1, 0.15) is 28.8 Å². The topological polar surface area (TPSA) is 102 Å². The van der Waals surface area contributed by atoms with E-state index in [0.717, 1.165) is 12.3 Å². The molecule has 0 aromatic heterocycles. The Bertz CT molecular complexity index is 1330. The Kier molecular flexibility index (Phi) is 7.86. The van der Waals surface area contributed by atoms with Crippen LogP contribution in [0.5, 0.6) is 17.2 Å². The SMILES string of the molecule is COc1cc(C(=O)Nc2ccc(O)c(S(C)(=O)=O)c2)ccc1COc1ccc(SC(F)(F)F)cc1. The summed E-state index contributed by atoms with van der Waals surface area (Å²) in [6.07, 6.45) is 0.940. The molecule has 0 aliphatic heterocycles. The summed E-state index contributed by atoms with van der Waals surface area (Å²) in [5.41, 5.74) is -3.40. The van der Waals surface area contributed by atoms with Gasteiger partial charge in [-0.25, -0.2) is 8.42 Å². The Morgan fingerprint density at radius 1 is 1.06 bits per heavy atom. The second-order valence-electron chi connectivity index (χ2n) is 7.24. The molecule has 35 heavy (non-hydrogen) atoms. The number of phenols is 1. The molecule has 3 rings (SSSR count). The van der Waals surface area contributed by atoms with Crippen LogP contribution in [0, 0.1) is 0 Å². The Morgan fingerprint density at radius 3 is 2.34 bits per heavy atom. The maximum Gasteiger partial charge on any atom is 0.446 e. The molecule has 0 atom stereocenters. The number of rotatable bonds is 8. The van der Waals surface area contributed by atoms with Gasteiger partial charge in [-0.15, -0.1) is 0 Å². The van der Waals surface area contributed by atoms with Gasteiger partial charge in [0.2, 0.25) is 0 Å². The zero-order chi connectivity index (χ0) is 25.8. The maximum absolute atomic E-state index is 12.7. The molecule has 0 radical (unpaired) electrons. The molecule has 3 aromatic rings. The molecule has 0 saturated carbocycles. The van der Waals surface area contributed by atoms with Gasteiger partial charge >= 0.3 is 5.51 Å². The lowest BCUT2D eigenvalue weighted by Gasteiger charge is -2.13. The van der Waals surface area contributed by atoms with Crippen LogP contribution < -0.4 is 14.8 Å². The molecule has 0 fully saturated rings. The molecule has 3 aromatic carbocycles. The molecule has 0 aliphatic carbocycles. The normalized spacial score (nSPS) is 11.7. The Labute approximate surface area is 203 Å². The first kappa shape index (κ1) is 26.2. The largest absolute Gasteiger partial charge is 0.507 e. The van der Waals surface area contributed by atoms with Gasteiger partial charge in [0, 0.05) is 28.0 Å². The summed E-state index contributed by atoms with van der Waals surface area (Å²) in [6.45, 7) is 0.0342. The fourth-order valence-electron chi connectivity index (χ4n) is 3.00. The number of aromatic hydroxyl groups is 1. The molecule has 0 aliphatic rings. The van der Waals surface area contributed by atoms with Crippen molar-refractivity contribution in [2.75, 3.05) is 18.7 Å². The number of carbonyl (C=O) groups excluding carboxylic acids is 1. The average molecular weight is 528 g/mol. The van der Waals surface area contributed by atoms with Crippen LogP contribution in [0.2, 0.25) is 0 Å². The Hall–Kier alpha value is -3.38. The van der Waals surface area contributed by atoms with Crippen LogP contribution >= 0.6 is 11.8 Å². The molecule has 12 heteroatoms. The Morgan fingerprint density at radius 2 is 1.74 bits per heavy atom. The molecule has 0 spiro atoms. The molecule has 186 valence electrons. The summed E-state index contributed by atoms with van der Waals surface area (Å²) in [6, 6.07) is 13.7. The highest BCUT2D eigenvalue weighted by molar-refractivity contribution is 8.00. The third-order valence-electron chi connectivity index (χ3n) is 4.62. The van der Waals surface area contributed by atoms with Crippen molar-refractivity contribution >= 4 is 33.2 Å². The molecule has 1 amide bonds. The average Bonchev–Trinajstić information content (AvgIpc) is 2.78. The van der Waals surface area contributed by atoms with E-state index in [1.54, 1.807) is 6.07 Å². The first-order valence-electron chi connectivity index (χ1n) is 9.85. The second kappa shape index (κ2) is 10.5. The summed E-state index contributed by atoms with van der Waals surface area (Å²) in [5, 5.41) is 12.3. The van der Waals surface area contributed by atoms with Gasteiger partial charge in [0.15, 0.2) is 9.84 Å². The monoisotopic (exact) mass is 527 g/mol. The minimum Gasteiger partial charge on any atom is -0.507 e. The predicted molar refractivity (Wildman–Crippen MR) is 125 cm³/mol. The van der Waals surface area contributed by atoms with E-state index in [1.807, 2.05) is 0 Å². The lowest BCUT2D eigenvalue weighted by Crippen LogP contribution is -2.13. The summed E-state index contributed by atoms with van der Waals surface area (Å²) < 4.78 is 71.8. The highest BCUT2D eigenvalue weighted by Crippen LogP contribution is 2.37. The highest BCUT2D eigenvalue weighted by Gasteiger charge is 2.29. The predicted octanol–water partition coefficient (Wildman–Crippen LogP) is 5.25. The number of methoxy groups -OCH3 is 1. The van der Waals surface area contributed by atoms with Crippen LogP contribution in [-0.4, -0.2) is 38.3 Å². The van der Waals surface area contributed by atoms with Crippen molar-refractivity contribution in [1.29, 1.82) is 0 Å². The molecule has 0 unspecified atom stereocenters. The standard InChI is InChI=1S/C23H20F3NO6S2/c1-32-20-11-14(22(29)27-16-5-10-19(28)21(12-16)35(2,30)31)3-4-15(20)13-33-17-6-8-18(9-7-17)34-23(24,25)26/h3-12,28H,13H2,1-2H3,(H,27,29). The lowest BCUT2D eigenvalue weighted by molar-refractivity contribution is -0.0328. The number of halogens is 3. The number of amides is 1. The molecular formula is C23H20F3NO6S2. The van der Waals surface area contributed by atoms with Crippen molar-refractivity contribution in [1.82, 2.24) is 0 Å². The van der Waals surface area contributed by atoms with Crippen LogP contribution in [0.4, 0.5) is 18.9 Å². The van der Waals surface area contributed by atoms with E-state index in [2.05, 4.69) is 5.32 Å². The van der Waals surface area contributed by atoms with Crippen LogP contribution in [-0.2, 0) is 16.4 Å². The van der Waals surface area contributed by atoms with Gasteiger partial charge in [-0.2, -0.15) is 13.2 Å². The van der Waals surface area contributed by atoms with Crippen molar-refractivity contribution in [3.05, 3.63) is 71.8 Å². The Balaban J connectivity index is 1.70. The minimum atomic E-state index is -4.37. The zero-order valence-corrected chi connectivity index (χ0v) is 20.1. The molecular weight excluding hydrogens is 507 g/mol. The number of alkyl halides is 3. The van der Waals surface area contributed by atoms with Crippen LogP contribution in [0.3, 0.4) is 0 Å². The van der Waals surface area contributed by atoms with E-state index in [4.69, 9.17) is 9.47 Å². The first-order chi connectivity index (χ1) is 16.4. The fraction of sp³-hybridized carbons (Fsp3) is 0.174. The van der Waals surface area contributed by atoms with Gasteiger partial charge in [-0.3, -0.25) is 4.79 Å². The summed E-state index contributed by atoms with van der Waals surface area (Å²) >= 11 is -0.218. The number of hydrogen-bond donors (Lipinski definition) is 2. The van der Waals surface area contributed by atoms with E-state index < -0.39 is 27.0 Å². The van der Waals surface area contributed by atoms with Crippen molar-refractivity contribution < 1.29 is 41.0 Å². The summed E-state index contributed by atoms with van der Waals surface area (Å²) in [5.74, 6) is -0.275. The summed E-state index contributed by atoms with van der Waals surface area (Å²) in [4.78, 5) is 12.4. The molecule has 0 saturated heterocycles. The molecule has 0 bridgehead atoms. The van der Waals surface area contributed by atoms with E-state index in [0.29, 0.717) is 17.1 Å². The van der Waals surface area contributed by atoms with E-state index >= 15 is 0 Å². The van der Waals surface area contributed by atoms with Gasteiger partial charge in [0.25, 0.3) is 5.91 Å². The molecule has 2 N–H and O–H groups in total. The van der Waals surface area contributed by atoms with E-state index in [9.17, 15) is 31.5 Å². The quantitative estimate of drug-likeness (QED) is 0.305. The number of hydrogen-bond acceptors (Lipinski definition) is 7. The highest BCUT2D eigenvalue weighted by atomic mass is 32.2. The van der Waals surface area contributed by atoms with Crippen molar-refractivity contribution in [2.45, 2.75) is 21.9 Å². The number of sulfone groups is 1. The van der Waals surface area contributed by atoms with Crippen molar-refractivity contribution in [2.24, 2.45) is 0 Å². The molecule has 7 nitrogen and oxygen atoms in total. The summed E-state index contributed by atoms with van der Waals surface area (Å²) in [7, 11) is -2.29. The third kappa shape index (κ3) is 7.30. The number of anilines is 1. The van der Waals surface area contributed by atoms with Gasteiger partial charge < -0.3 is 19.9 Å². The smallest absolute Gasteiger partial charge is 0.446 e. The number of nitrogens with one attached hydrogen (secondary N) is 1. The lowest BCUT2D eigenvalue weighted by atomic mass is 10.1. The number of ether oxygens (including phenoxy) is 2. The fourth-order valence-corrected chi connectivity index (χ4v) is 4.32. The van der Waals surface area contributed by atoms with Gasteiger partial charge in [-0.1, -0.05) is 6.07 Å². The van der Waals surface area contributed by atoms with Gasteiger partial charge in [-0.05, 0) is 66.4 Å². The second-order valence-corrected chi connectivity index (χ2v) is 10.4. The first-order valence-corrected chi connectivity index (χ1v) is 12.6.